The number of morpholine rings is 1. The Labute approximate surface area is 131 Å². The molecule has 122 valence electrons. The topological polar surface area (TPSA) is 67.4 Å². The molecule has 1 aromatic heterocycles. The zero-order valence-corrected chi connectivity index (χ0v) is 13.6. The van der Waals surface area contributed by atoms with Gasteiger partial charge in [-0.05, 0) is 26.7 Å². The maximum Gasteiger partial charge on any atom is 0.223 e. The van der Waals surface area contributed by atoms with E-state index in [1.54, 1.807) is 7.11 Å². The summed E-state index contributed by atoms with van der Waals surface area (Å²) < 4.78 is 10.9. The Kier molecular flexibility index (Phi) is 4.23. The van der Waals surface area contributed by atoms with Gasteiger partial charge in [0, 0.05) is 36.7 Å². The molecule has 0 radical (unpaired) electrons. The molecule has 2 heterocycles. The van der Waals surface area contributed by atoms with Gasteiger partial charge in [-0.2, -0.15) is 5.10 Å². The van der Waals surface area contributed by atoms with Crippen molar-refractivity contribution >= 4 is 5.91 Å². The zero-order chi connectivity index (χ0) is 15.7. The smallest absolute Gasteiger partial charge is 0.223 e. The summed E-state index contributed by atoms with van der Waals surface area (Å²) in [5.74, 6) is 0.211. The van der Waals surface area contributed by atoms with Gasteiger partial charge in [0.1, 0.15) is 0 Å². The fourth-order valence-electron chi connectivity index (χ4n) is 3.47. The van der Waals surface area contributed by atoms with Crippen molar-refractivity contribution < 1.29 is 14.3 Å². The number of amides is 1. The summed E-state index contributed by atoms with van der Waals surface area (Å²) in [4.78, 5) is 14.8. The van der Waals surface area contributed by atoms with Crippen LogP contribution in [-0.2, 0) is 14.3 Å². The molecule has 1 saturated carbocycles. The van der Waals surface area contributed by atoms with Crippen LogP contribution in [0, 0.1) is 19.3 Å². The molecule has 1 aliphatic carbocycles. The molecule has 1 N–H and O–H groups in total. The van der Waals surface area contributed by atoms with Crippen molar-refractivity contribution in [2.24, 2.45) is 5.41 Å². The number of ether oxygens (including phenoxy) is 2. The lowest BCUT2D eigenvalue weighted by Gasteiger charge is -2.37. The fourth-order valence-corrected chi connectivity index (χ4v) is 3.47. The minimum absolute atomic E-state index is 0.0293. The van der Waals surface area contributed by atoms with Crippen molar-refractivity contribution in [1.82, 2.24) is 15.1 Å². The van der Waals surface area contributed by atoms with Gasteiger partial charge in [-0.3, -0.25) is 9.89 Å². The van der Waals surface area contributed by atoms with E-state index in [1.807, 2.05) is 18.7 Å². The number of nitrogens with one attached hydrogen (secondary N) is 1. The van der Waals surface area contributed by atoms with Crippen LogP contribution in [0.15, 0.2) is 0 Å². The quantitative estimate of drug-likeness (QED) is 0.900. The van der Waals surface area contributed by atoms with Crippen molar-refractivity contribution in [3.8, 4) is 0 Å². The minimum atomic E-state index is -0.0293. The second-order valence-corrected chi connectivity index (χ2v) is 6.64. The van der Waals surface area contributed by atoms with Gasteiger partial charge < -0.3 is 14.4 Å². The summed E-state index contributed by atoms with van der Waals surface area (Å²) in [5.41, 5.74) is 3.15. The van der Waals surface area contributed by atoms with Crippen LogP contribution in [-0.4, -0.2) is 54.5 Å². The van der Waals surface area contributed by atoms with Gasteiger partial charge in [-0.25, -0.2) is 0 Å². The lowest BCUT2D eigenvalue weighted by atomic mass is 9.99. The number of methoxy groups -OCH3 is 1. The molecule has 2 aliphatic rings. The molecule has 0 bridgehead atoms. The maximum atomic E-state index is 12.8. The number of carbonyl (C=O) groups excluding carboxylic acids is 1. The van der Waals surface area contributed by atoms with Gasteiger partial charge in [0.15, 0.2) is 0 Å². The highest BCUT2D eigenvalue weighted by molar-refractivity contribution is 5.78. The van der Waals surface area contributed by atoms with E-state index < -0.39 is 0 Å². The molecule has 22 heavy (non-hydrogen) atoms. The Morgan fingerprint density at radius 1 is 1.50 bits per heavy atom. The summed E-state index contributed by atoms with van der Waals surface area (Å²) in [6.07, 6.45) is 2.75. The molecule has 2 fully saturated rings. The SMILES string of the molecule is COCC1(CC(=O)N2CCOCC2c2c(C)n[nH]c2C)CC1. The largest absolute Gasteiger partial charge is 0.384 e. The van der Waals surface area contributed by atoms with Crippen molar-refractivity contribution in [3.05, 3.63) is 17.0 Å². The van der Waals surface area contributed by atoms with E-state index in [4.69, 9.17) is 9.47 Å². The Morgan fingerprint density at radius 2 is 2.27 bits per heavy atom. The minimum Gasteiger partial charge on any atom is -0.384 e. The van der Waals surface area contributed by atoms with E-state index >= 15 is 0 Å². The normalized spacial score (nSPS) is 23.6. The Bertz CT molecular complexity index is 531. The summed E-state index contributed by atoms with van der Waals surface area (Å²) in [5, 5.41) is 7.27. The predicted octanol–water partition coefficient (Wildman–Crippen LogP) is 1.74. The Morgan fingerprint density at radius 3 is 2.86 bits per heavy atom. The lowest BCUT2D eigenvalue weighted by molar-refractivity contribution is -0.142. The van der Waals surface area contributed by atoms with Crippen LogP contribution < -0.4 is 0 Å². The number of aromatic amines is 1. The van der Waals surface area contributed by atoms with E-state index in [1.165, 1.54) is 0 Å². The molecule has 6 heteroatoms. The van der Waals surface area contributed by atoms with E-state index in [0.717, 1.165) is 29.8 Å². The number of aromatic nitrogens is 2. The van der Waals surface area contributed by atoms with Crippen LogP contribution in [0.3, 0.4) is 0 Å². The van der Waals surface area contributed by atoms with E-state index in [-0.39, 0.29) is 17.4 Å². The molecule has 1 saturated heterocycles. The van der Waals surface area contributed by atoms with Crippen LogP contribution >= 0.6 is 0 Å². The van der Waals surface area contributed by atoms with E-state index in [2.05, 4.69) is 10.2 Å². The summed E-state index contributed by atoms with van der Waals surface area (Å²) in [7, 11) is 1.71. The summed E-state index contributed by atoms with van der Waals surface area (Å²) in [6, 6.07) is -0.0293. The Hall–Kier alpha value is -1.40. The molecule has 1 atom stereocenters. The first-order valence-electron chi connectivity index (χ1n) is 7.94. The molecule has 1 unspecified atom stereocenters. The molecular formula is C16H25N3O3. The zero-order valence-electron chi connectivity index (χ0n) is 13.6. The third-order valence-corrected chi connectivity index (χ3v) is 4.90. The highest BCUT2D eigenvalue weighted by atomic mass is 16.5. The van der Waals surface area contributed by atoms with Gasteiger partial charge >= 0.3 is 0 Å². The molecule has 6 nitrogen and oxygen atoms in total. The summed E-state index contributed by atoms with van der Waals surface area (Å²) >= 11 is 0. The molecule has 0 spiro atoms. The number of hydrogen-bond acceptors (Lipinski definition) is 4. The van der Waals surface area contributed by atoms with Gasteiger partial charge in [0.2, 0.25) is 5.91 Å². The van der Waals surface area contributed by atoms with Crippen LogP contribution in [0.4, 0.5) is 0 Å². The number of H-pyrrole nitrogens is 1. The van der Waals surface area contributed by atoms with Crippen molar-refractivity contribution in [1.29, 1.82) is 0 Å². The first-order valence-corrected chi connectivity index (χ1v) is 7.94. The number of rotatable bonds is 5. The average molecular weight is 307 g/mol. The van der Waals surface area contributed by atoms with Crippen molar-refractivity contribution in [2.75, 3.05) is 33.5 Å². The summed E-state index contributed by atoms with van der Waals surface area (Å²) in [6.45, 7) is 6.46. The second kappa shape index (κ2) is 6.01. The van der Waals surface area contributed by atoms with Gasteiger partial charge in [0.25, 0.3) is 0 Å². The molecule has 0 aromatic carbocycles. The average Bonchev–Trinajstić information content (AvgIpc) is 3.17. The first-order chi connectivity index (χ1) is 10.6. The van der Waals surface area contributed by atoms with Crippen molar-refractivity contribution in [2.45, 2.75) is 39.2 Å². The molecule has 1 aliphatic heterocycles. The first kappa shape index (κ1) is 15.5. The number of hydrogen-bond donors (Lipinski definition) is 1. The van der Waals surface area contributed by atoms with Gasteiger partial charge in [0.05, 0.1) is 31.6 Å². The standard InChI is InChI=1S/C16H25N3O3/c1-11-15(12(2)18-17-11)13-9-22-7-6-19(13)14(20)8-16(4-5-16)10-21-3/h13H,4-10H2,1-3H3,(H,17,18). The second-order valence-electron chi connectivity index (χ2n) is 6.64. The number of aryl methyl sites for hydroxylation is 2. The van der Waals surface area contributed by atoms with E-state index in [0.29, 0.717) is 32.8 Å². The molecule has 3 rings (SSSR count). The molecular weight excluding hydrogens is 282 g/mol. The monoisotopic (exact) mass is 307 g/mol. The predicted molar refractivity (Wildman–Crippen MR) is 81.5 cm³/mol. The van der Waals surface area contributed by atoms with Gasteiger partial charge in [-0.1, -0.05) is 0 Å². The number of nitrogens with zero attached hydrogens (tertiary/aromatic N) is 2. The highest BCUT2D eigenvalue weighted by Gasteiger charge is 2.46. The van der Waals surface area contributed by atoms with Crippen LogP contribution in [0.2, 0.25) is 0 Å². The third kappa shape index (κ3) is 2.90. The van der Waals surface area contributed by atoms with E-state index in [9.17, 15) is 4.79 Å². The highest BCUT2D eigenvalue weighted by Crippen LogP contribution is 2.49. The van der Waals surface area contributed by atoms with Gasteiger partial charge in [-0.15, -0.1) is 0 Å². The molecule has 1 amide bonds. The third-order valence-electron chi connectivity index (χ3n) is 4.90. The maximum absolute atomic E-state index is 12.8. The van der Waals surface area contributed by atoms with Crippen LogP contribution in [0.1, 0.15) is 42.3 Å². The van der Waals surface area contributed by atoms with Crippen molar-refractivity contribution in [3.63, 3.8) is 0 Å². The number of carbonyl (C=O) groups is 1. The Balaban J connectivity index is 1.77. The lowest BCUT2D eigenvalue weighted by Crippen LogP contribution is -2.44. The molecule has 1 aromatic rings. The van der Waals surface area contributed by atoms with Crippen LogP contribution in [0.5, 0.6) is 0 Å². The fraction of sp³-hybridized carbons (Fsp3) is 0.750. The van der Waals surface area contributed by atoms with Crippen LogP contribution in [0.25, 0.3) is 0 Å².